The molecule has 0 amide bonds. The molecule has 4 heterocycles. The van der Waals surface area contributed by atoms with Crippen molar-refractivity contribution in [3.05, 3.63) is 76.8 Å². The van der Waals surface area contributed by atoms with Gasteiger partial charge >= 0.3 is 0 Å². The van der Waals surface area contributed by atoms with Crippen molar-refractivity contribution in [2.45, 2.75) is 32.0 Å². The summed E-state index contributed by atoms with van der Waals surface area (Å²) in [5, 5.41) is 0.518. The molecule has 1 fully saturated rings. The summed E-state index contributed by atoms with van der Waals surface area (Å²) < 4.78 is 9.38. The van der Waals surface area contributed by atoms with E-state index in [2.05, 4.69) is 12.1 Å². The Kier molecular flexibility index (Phi) is 4.28. The van der Waals surface area contributed by atoms with Crippen LogP contribution in [-0.4, -0.2) is 36.8 Å². The van der Waals surface area contributed by atoms with Crippen LogP contribution >= 0.6 is 0 Å². The van der Waals surface area contributed by atoms with Crippen LogP contribution in [0.3, 0.4) is 0 Å². The smallest absolute Gasteiger partial charge is 0.265 e. The average Bonchev–Trinajstić information content (AvgIpc) is 3.42. The third-order valence-corrected chi connectivity index (χ3v) is 5.93. The van der Waals surface area contributed by atoms with Crippen molar-refractivity contribution in [3.8, 4) is 0 Å². The summed E-state index contributed by atoms with van der Waals surface area (Å²) in [7, 11) is 0. The zero-order chi connectivity index (χ0) is 20.8. The molecule has 3 aromatic heterocycles. The summed E-state index contributed by atoms with van der Waals surface area (Å²) in [6.07, 6.45) is 3.68. The molecule has 0 radical (unpaired) electrons. The molecule has 6 rings (SSSR count). The first-order valence-electron chi connectivity index (χ1n) is 10.6. The van der Waals surface area contributed by atoms with E-state index in [1.54, 1.807) is 10.9 Å². The Morgan fingerprint density at radius 2 is 1.74 bits per heavy atom. The van der Waals surface area contributed by atoms with E-state index < -0.39 is 0 Å². The Bertz CT molecular complexity index is 1470. The summed E-state index contributed by atoms with van der Waals surface area (Å²) in [6, 6.07) is 17.9. The molecule has 5 aromatic rings. The maximum atomic E-state index is 13.5. The number of aromatic nitrogens is 5. The van der Waals surface area contributed by atoms with Gasteiger partial charge in [-0.3, -0.25) is 9.36 Å². The third-order valence-electron chi connectivity index (χ3n) is 5.93. The second-order valence-corrected chi connectivity index (χ2v) is 7.99. The Balaban J connectivity index is 1.61. The van der Waals surface area contributed by atoms with Crippen molar-refractivity contribution in [1.29, 1.82) is 0 Å². The molecular formula is C24H21N5O2. The molecule has 1 atom stereocenters. The van der Waals surface area contributed by atoms with Crippen LogP contribution in [0.2, 0.25) is 0 Å². The molecule has 154 valence electrons. The van der Waals surface area contributed by atoms with E-state index in [0.29, 0.717) is 35.3 Å². The van der Waals surface area contributed by atoms with Gasteiger partial charge in [0.05, 0.1) is 36.6 Å². The molecular weight excluding hydrogens is 390 g/mol. The minimum atomic E-state index is -0.0955. The average molecular weight is 411 g/mol. The zero-order valence-electron chi connectivity index (χ0n) is 16.9. The number of benzene rings is 2. The van der Waals surface area contributed by atoms with Gasteiger partial charge in [-0.15, -0.1) is 0 Å². The van der Waals surface area contributed by atoms with Gasteiger partial charge in [0.15, 0.2) is 11.3 Å². The van der Waals surface area contributed by atoms with Gasteiger partial charge in [0.2, 0.25) is 0 Å². The van der Waals surface area contributed by atoms with E-state index in [0.717, 1.165) is 36.0 Å². The molecule has 7 heteroatoms. The molecule has 2 aromatic carbocycles. The predicted octanol–water partition coefficient (Wildman–Crippen LogP) is 3.52. The van der Waals surface area contributed by atoms with Gasteiger partial charge in [0.25, 0.3) is 5.56 Å². The Hall–Kier alpha value is -3.58. The monoisotopic (exact) mass is 411 g/mol. The Labute approximate surface area is 178 Å². The van der Waals surface area contributed by atoms with Gasteiger partial charge in [0.1, 0.15) is 10.9 Å². The first-order valence-corrected chi connectivity index (χ1v) is 10.6. The van der Waals surface area contributed by atoms with E-state index >= 15 is 0 Å². The summed E-state index contributed by atoms with van der Waals surface area (Å²) in [6.45, 7) is 1.83. The molecule has 0 bridgehead atoms. The van der Waals surface area contributed by atoms with Crippen molar-refractivity contribution in [2.24, 2.45) is 0 Å². The largest absolute Gasteiger partial charge is 0.376 e. The minimum absolute atomic E-state index is 0.0570. The maximum Gasteiger partial charge on any atom is 0.265 e. The van der Waals surface area contributed by atoms with Crippen molar-refractivity contribution in [3.63, 3.8) is 0 Å². The normalized spacial score (nSPS) is 16.6. The summed E-state index contributed by atoms with van der Waals surface area (Å²) >= 11 is 0. The second-order valence-electron chi connectivity index (χ2n) is 7.99. The maximum absolute atomic E-state index is 13.5. The molecule has 7 nitrogen and oxygen atoms in total. The number of para-hydroxylation sites is 2. The number of nitrogens with zero attached hydrogens (tertiary/aromatic N) is 5. The Morgan fingerprint density at radius 1 is 0.968 bits per heavy atom. The minimum Gasteiger partial charge on any atom is -0.376 e. The van der Waals surface area contributed by atoms with Crippen molar-refractivity contribution in [1.82, 2.24) is 24.1 Å². The summed E-state index contributed by atoms with van der Waals surface area (Å²) in [4.78, 5) is 27.9. The summed E-state index contributed by atoms with van der Waals surface area (Å²) in [5.74, 6) is 0. The van der Waals surface area contributed by atoms with Crippen LogP contribution < -0.4 is 5.56 Å². The van der Waals surface area contributed by atoms with Crippen LogP contribution in [0.1, 0.15) is 18.4 Å². The predicted molar refractivity (Wildman–Crippen MR) is 119 cm³/mol. The van der Waals surface area contributed by atoms with Crippen LogP contribution in [0.4, 0.5) is 0 Å². The zero-order valence-corrected chi connectivity index (χ0v) is 16.9. The topological polar surface area (TPSA) is 74.8 Å². The highest BCUT2D eigenvalue weighted by Gasteiger charge is 2.22. The quantitative estimate of drug-likeness (QED) is 0.452. The molecule has 1 aliphatic heterocycles. The fraction of sp³-hybridized carbons (Fsp3) is 0.250. The van der Waals surface area contributed by atoms with E-state index in [-0.39, 0.29) is 11.7 Å². The van der Waals surface area contributed by atoms with Crippen LogP contribution in [0.15, 0.2) is 65.7 Å². The lowest BCUT2D eigenvalue weighted by Gasteiger charge is -2.11. The lowest BCUT2D eigenvalue weighted by molar-refractivity contribution is 0.0960. The molecule has 1 saturated heterocycles. The molecule has 0 saturated carbocycles. The van der Waals surface area contributed by atoms with Crippen molar-refractivity contribution in [2.75, 3.05) is 6.61 Å². The van der Waals surface area contributed by atoms with Gasteiger partial charge in [-0.05, 0) is 30.5 Å². The molecule has 0 N–H and O–H groups in total. The van der Waals surface area contributed by atoms with Gasteiger partial charge < -0.3 is 9.30 Å². The molecule has 0 aliphatic carbocycles. The fourth-order valence-corrected chi connectivity index (χ4v) is 4.39. The van der Waals surface area contributed by atoms with Crippen LogP contribution in [-0.2, 0) is 17.8 Å². The second kappa shape index (κ2) is 7.28. The highest BCUT2D eigenvalue weighted by Crippen LogP contribution is 2.26. The Morgan fingerprint density at radius 3 is 2.52 bits per heavy atom. The number of hydrogen-bond acceptors (Lipinski definition) is 5. The van der Waals surface area contributed by atoms with Gasteiger partial charge in [0, 0.05) is 6.61 Å². The highest BCUT2D eigenvalue weighted by atomic mass is 16.5. The highest BCUT2D eigenvalue weighted by molar-refractivity contribution is 6.04. The molecule has 0 spiro atoms. The van der Waals surface area contributed by atoms with Gasteiger partial charge in [-0.1, -0.05) is 42.5 Å². The lowest BCUT2D eigenvalue weighted by atomic mass is 10.2. The van der Waals surface area contributed by atoms with Crippen LogP contribution in [0.5, 0.6) is 0 Å². The first-order chi connectivity index (χ1) is 15.3. The van der Waals surface area contributed by atoms with Crippen LogP contribution in [0, 0.1) is 0 Å². The van der Waals surface area contributed by atoms with E-state index in [1.807, 2.05) is 47.0 Å². The van der Waals surface area contributed by atoms with Crippen molar-refractivity contribution >= 4 is 33.2 Å². The number of ether oxygens (including phenoxy) is 1. The number of fused-ring (bicyclic) bond motifs is 4. The van der Waals surface area contributed by atoms with Gasteiger partial charge in [-0.2, -0.15) is 0 Å². The summed E-state index contributed by atoms with van der Waals surface area (Å²) in [5.41, 5.74) is 4.47. The van der Waals surface area contributed by atoms with E-state index in [4.69, 9.17) is 19.7 Å². The first kappa shape index (κ1) is 18.2. The molecule has 31 heavy (non-hydrogen) atoms. The fourth-order valence-electron chi connectivity index (χ4n) is 4.39. The van der Waals surface area contributed by atoms with Crippen LogP contribution in [0.25, 0.3) is 33.2 Å². The number of hydrogen-bond donors (Lipinski definition) is 0. The standard InChI is InChI=1S/C24H21N5O2/c30-24-20-21-23(27-19-11-5-4-10-18(19)26-21)29(13-16-7-2-1-3-8-16)22(20)25-15-28(24)14-17-9-6-12-31-17/h1-5,7-8,10-11,15,17H,6,9,12-14H2/t17-/m0/s1. The number of rotatable bonds is 4. The SMILES string of the molecule is O=c1c2c3nc4ccccc4nc3n(Cc3ccccc3)c2ncn1C[C@@H]1CCCO1. The van der Waals surface area contributed by atoms with Gasteiger partial charge in [-0.25, -0.2) is 15.0 Å². The molecule has 0 unspecified atom stereocenters. The lowest BCUT2D eigenvalue weighted by Crippen LogP contribution is -2.26. The third kappa shape index (κ3) is 3.09. The van der Waals surface area contributed by atoms with E-state index in [1.165, 1.54) is 0 Å². The van der Waals surface area contributed by atoms with Crippen molar-refractivity contribution < 1.29 is 4.74 Å². The molecule has 1 aliphatic rings. The van der Waals surface area contributed by atoms with E-state index in [9.17, 15) is 4.79 Å².